The number of benzene rings is 2. The standard InChI is InChI=1S/C21H19N3O2S/c1-15-7-2-3-10-18(15)23-21-24-20(25)19(27-21)14-16-8-6-9-17(13-16)26-12-5-4-11-22/h2-3,6-10,13-14H,4-5,12H2,1H3,(H,23,24,25)/b19-14-. The minimum Gasteiger partial charge on any atom is -0.494 e. The third-order valence-corrected chi connectivity index (χ3v) is 4.76. The van der Waals surface area contributed by atoms with Crippen LogP contribution in [0.15, 0.2) is 58.4 Å². The molecule has 1 saturated heterocycles. The number of amidine groups is 1. The number of aryl methyl sites for hydroxylation is 1. The average molecular weight is 377 g/mol. The first kappa shape index (κ1) is 18.7. The van der Waals surface area contributed by atoms with Gasteiger partial charge in [0, 0.05) is 6.42 Å². The van der Waals surface area contributed by atoms with Gasteiger partial charge >= 0.3 is 0 Å². The van der Waals surface area contributed by atoms with Crippen molar-refractivity contribution in [3.63, 3.8) is 0 Å². The number of unbranched alkanes of at least 4 members (excludes halogenated alkanes) is 1. The van der Waals surface area contributed by atoms with Crippen molar-refractivity contribution in [2.24, 2.45) is 4.99 Å². The largest absolute Gasteiger partial charge is 0.494 e. The van der Waals surface area contributed by atoms with Crippen LogP contribution in [0.4, 0.5) is 5.69 Å². The molecule has 0 spiro atoms. The summed E-state index contributed by atoms with van der Waals surface area (Å²) in [7, 11) is 0. The number of nitrogens with one attached hydrogen (secondary N) is 1. The van der Waals surface area contributed by atoms with Crippen LogP contribution >= 0.6 is 11.8 Å². The Morgan fingerprint density at radius 1 is 1.26 bits per heavy atom. The van der Waals surface area contributed by atoms with Gasteiger partial charge in [-0.1, -0.05) is 30.3 Å². The smallest absolute Gasteiger partial charge is 0.264 e. The van der Waals surface area contributed by atoms with E-state index in [9.17, 15) is 4.79 Å². The van der Waals surface area contributed by atoms with Crippen LogP contribution in [0.2, 0.25) is 0 Å². The van der Waals surface area contributed by atoms with Crippen LogP contribution in [0, 0.1) is 18.3 Å². The van der Waals surface area contributed by atoms with Crippen molar-refractivity contribution in [1.82, 2.24) is 5.32 Å². The number of hydrogen-bond donors (Lipinski definition) is 1. The molecule has 0 aliphatic carbocycles. The quantitative estimate of drug-likeness (QED) is 0.591. The highest BCUT2D eigenvalue weighted by molar-refractivity contribution is 8.18. The van der Waals surface area contributed by atoms with E-state index in [1.165, 1.54) is 11.8 Å². The predicted octanol–water partition coefficient (Wildman–Crippen LogP) is 4.57. The molecular weight excluding hydrogens is 358 g/mol. The first-order valence-electron chi connectivity index (χ1n) is 8.61. The lowest BCUT2D eigenvalue weighted by atomic mass is 10.2. The van der Waals surface area contributed by atoms with Crippen molar-refractivity contribution in [3.8, 4) is 11.8 Å². The number of ether oxygens (including phenoxy) is 1. The Bertz CT molecular complexity index is 944. The summed E-state index contributed by atoms with van der Waals surface area (Å²) in [5.74, 6) is 0.562. The summed E-state index contributed by atoms with van der Waals surface area (Å²) >= 11 is 1.32. The molecule has 0 bridgehead atoms. The van der Waals surface area contributed by atoms with Crippen LogP contribution in [0.1, 0.15) is 24.0 Å². The zero-order valence-electron chi connectivity index (χ0n) is 14.9. The average Bonchev–Trinajstić information content (AvgIpc) is 3.00. The number of carbonyl (C=O) groups is 1. The van der Waals surface area contributed by atoms with Gasteiger partial charge in [0.2, 0.25) is 0 Å². The number of carbonyl (C=O) groups excluding carboxylic acids is 1. The fraction of sp³-hybridized carbons (Fsp3) is 0.190. The molecule has 2 aromatic rings. The lowest BCUT2D eigenvalue weighted by Crippen LogP contribution is -2.19. The Hall–Kier alpha value is -3.04. The number of hydrogen-bond acceptors (Lipinski definition) is 5. The zero-order valence-corrected chi connectivity index (χ0v) is 15.8. The van der Waals surface area contributed by atoms with Gasteiger partial charge in [0.25, 0.3) is 5.91 Å². The SMILES string of the molecule is Cc1ccccc1N=C1NC(=O)/C(=C/c2cccc(OCCCC#N)c2)S1. The van der Waals surface area contributed by atoms with E-state index in [0.717, 1.165) is 22.6 Å². The molecule has 0 saturated carbocycles. The molecule has 1 aliphatic heterocycles. The number of nitrogens with zero attached hydrogens (tertiary/aromatic N) is 2. The first-order valence-corrected chi connectivity index (χ1v) is 9.42. The van der Waals surface area contributed by atoms with Gasteiger partial charge in [0.1, 0.15) is 5.75 Å². The Morgan fingerprint density at radius 3 is 2.93 bits per heavy atom. The molecule has 1 N–H and O–H groups in total. The summed E-state index contributed by atoms with van der Waals surface area (Å²) in [5, 5.41) is 11.9. The number of thioether (sulfide) groups is 1. The highest BCUT2D eigenvalue weighted by atomic mass is 32.2. The molecule has 3 rings (SSSR count). The Kier molecular flexibility index (Phi) is 6.29. The molecule has 1 aliphatic rings. The van der Waals surface area contributed by atoms with E-state index in [2.05, 4.69) is 16.4 Å². The second-order valence-corrected chi connectivity index (χ2v) is 6.98. The topological polar surface area (TPSA) is 74.5 Å². The lowest BCUT2D eigenvalue weighted by molar-refractivity contribution is -0.115. The number of aliphatic imine (C=N–C) groups is 1. The number of nitriles is 1. The van der Waals surface area contributed by atoms with Crippen molar-refractivity contribution in [3.05, 3.63) is 64.6 Å². The van der Waals surface area contributed by atoms with Crippen molar-refractivity contribution in [2.45, 2.75) is 19.8 Å². The summed E-state index contributed by atoms with van der Waals surface area (Å²) in [6.45, 7) is 2.48. The predicted molar refractivity (Wildman–Crippen MR) is 109 cm³/mol. The molecule has 1 heterocycles. The molecular formula is C21H19N3O2S. The van der Waals surface area contributed by atoms with Crippen LogP contribution in [-0.2, 0) is 4.79 Å². The Morgan fingerprint density at radius 2 is 2.11 bits per heavy atom. The maximum Gasteiger partial charge on any atom is 0.264 e. The van der Waals surface area contributed by atoms with Gasteiger partial charge in [0.05, 0.1) is 23.3 Å². The van der Waals surface area contributed by atoms with Gasteiger partial charge in [-0.25, -0.2) is 4.99 Å². The van der Waals surface area contributed by atoms with E-state index >= 15 is 0 Å². The van der Waals surface area contributed by atoms with Crippen molar-refractivity contribution in [1.29, 1.82) is 5.26 Å². The molecule has 5 nitrogen and oxygen atoms in total. The number of para-hydroxylation sites is 1. The van der Waals surface area contributed by atoms with Crippen molar-refractivity contribution in [2.75, 3.05) is 6.61 Å². The minimum absolute atomic E-state index is 0.160. The fourth-order valence-electron chi connectivity index (χ4n) is 2.47. The van der Waals surface area contributed by atoms with Crippen LogP contribution in [0.25, 0.3) is 6.08 Å². The summed E-state index contributed by atoms with van der Waals surface area (Å²) in [6.07, 6.45) is 2.99. The summed E-state index contributed by atoms with van der Waals surface area (Å²) in [4.78, 5) is 17.4. The van der Waals surface area contributed by atoms with Crippen LogP contribution in [-0.4, -0.2) is 17.7 Å². The second-order valence-electron chi connectivity index (χ2n) is 5.95. The molecule has 0 atom stereocenters. The van der Waals surface area contributed by atoms with E-state index in [-0.39, 0.29) is 5.91 Å². The molecule has 27 heavy (non-hydrogen) atoms. The fourth-order valence-corrected chi connectivity index (χ4v) is 3.30. The van der Waals surface area contributed by atoms with Crippen molar-refractivity contribution >= 4 is 34.6 Å². The second kappa shape index (κ2) is 9.06. The van der Waals surface area contributed by atoms with E-state index < -0.39 is 0 Å². The first-order chi connectivity index (χ1) is 13.2. The number of amides is 1. The van der Waals surface area contributed by atoms with Crippen LogP contribution < -0.4 is 10.1 Å². The number of rotatable bonds is 6. The van der Waals surface area contributed by atoms with Gasteiger partial charge < -0.3 is 10.1 Å². The maximum absolute atomic E-state index is 12.3. The van der Waals surface area contributed by atoms with E-state index in [4.69, 9.17) is 10.00 Å². The molecule has 2 aromatic carbocycles. The normalized spacial score (nSPS) is 16.4. The Labute approximate surface area is 162 Å². The van der Waals surface area contributed by atoms with Gasteiger partial charge in [-0.15, -0.1) is 0 Å². The molecule has 6 heteroatoms. The molecule has 136 valence electrons. The monoisotopic (exact) mass is 377 g/mol. The van der Waals surface area contributed by atoms with Crippen LogP contribution in [0.5, 0.6) is 5.75 Å². The molecule has 0 aromatic heterocycles. The third kappa shape index (κ3) is 5.22. The summed E-state index contributed by atoms with van der Waals surface area (Å²) < 4.78 is 5.64. The van der Waals surface area contributed by atoms with Gasteiger partial charge in [-0.2, -0.15) is 5.26 Å². The third-order valence-electron chi connectivity index (χ3n) is 3.85. The van der Waals surface area contributed by atoms with Crippen molar-refractivity contribution < 1.29 is 9.53 Å². The van der Waals surface area contributed by atoms with Gasteiger partial charge in [-0.3, -0.25) is 4.79 Å². The van der Waals surface area contributed by atoms with Gasteiger partial charge in [-0.05, 0) is 60.5 Å². The highest BCUT2D eigenvalue weighted by Crippen LogP contribution is 2.29. The minimum atomic E-state index is -0.160. The molecule has 0 radical (unpaired) electrons. The van der Waals surface area contributed by atoms with E-state index in [1.807, 2.05) is 61.5 Å². The Balaban J connectivity index is 1.71. The maximum atomic E-state index is 12.3. The summed E-state index contributed by atoms with van der Waals surface area (Å²) in [5.41, 5.74) is 2.77. The molecule has 1 fully saturated rings. The highest BCUT2D eigenvalue weighted by Gasteiger charge is 2.23. The van der Waals surface area contributed by atoms with E-state index in [0.29, 0.717) is 29.5 Å². The lowest BCUT2D eigenvalue weighted by Gasteiger charge is -2.05. The summed E-state index contributed by atoms with van der Waals surface area (Å²) in [6, 6.07) is 17.4. The zero-order chi connectivity index (χ0) is 19.1. The van der Waals surface area contributed by atoms with E-state index in [1.54, 1.807) is 0 Å². The molecule has 1 amide bonds. The molecule has 0 unspecified atom stereocenters. The van der Waals surface area contributed by atoms with Crippen LogP contribution in [0.3, 0.4) is 0 Å². The van der Waals surface area contributed by atoms with Gasteiger partial charge in [0.15, 0.2) is 5.17 Å².